The predicted molar refractivity (Wildman–Crippen MR) is 75.5 cm³/mol. The Morgan fingerprint density at radius 2 is 1.67 bits per heavy atom. The molecule has 3 rings (SSSR count). The van der Waals surface area contributed by atoms with Crippen molar-refractivity contribution in [2.24, 2.45) is 5.41 Å². The molecule has 0 heterocycles. The number of Topliss-reactive ketones (excluding diaryl/α,β-unsaturated/α-hetero) is 3. The molecule has 0 radical (unpaired) electrons. The van der Waals surface area contributed by atoms with E-state index in [1.165, 1.54) is 0 Å². The monoisotopic (exact) mass is 287 g/mol. The van der Waals surface area contributed by atoms with Crippen molar-refractivity contribution in [2.45, 2.75) is 38.2 Å². The quantitative estimate of drug-likeness (QED) is 0.680. The maximum absolute atomic E-state index is 12.1. The third-order valence-corrected chi connectivity index (χ3v) is 4.43. The summed E-state index contributed by atoms with van der Waals surface area (Å²) in [6, 6.07) is 9.20. The summed E-state index contributed by atoms with van der Waals surface area (Å²) in [5.74, 6) is -0.127. The van der Waals surface area contributed by atoms with Crippen molar-refractivity contribution in [1.82, 2.24) is 0 Å². The zero-order chi connectivity index (χ0) is 14.9. The summed E-state index contributed by atoms with van der Waals surface area (Å²) in [4.78, 5) is 41.6. The molecule has 2 aliphatic carbocycles. The molecule has 5 heteroatoms. The van der Waals surface area contributed by atoms with Crippen LogP contribution in [-0.4, -0.2) is 23.5 Å². The largest absolute Gasteiger partial charge is 0.299 e. The number of para-hydroxylation sites is 1. The molecule has 1 N–H and O–H groups in total. The second kappa shape index (κ2) is 5.41. The average Bonchev–Trinajstić information content (AvgIpc) is 2.78. The number of anilines is 1. The average molecular weight is 287 g/mol. The molecule has 110 valence electrons. The molecule has 21 heavy (non-hydrogen) atoms. The van der Waals surface area contributed by atoms with E-state index < -0.39 is 11.5 Å². The van der Waals surface area contributed by atoms with Crippen LogP contribution in [0.1, 0.15) is 32.1 Å². The van der Waals surface area contributed by atoms with Gasteiger partial charge in [-0.05, 0) is 18.6 Å². The Morgan fingerprint density at radius 1 is 1.00 bits per heavy atom. The lowest BCUT2D eigenvalue weighted by Gasteiger charge is -2.34. The van der Waals surface area contributed by atoms with Gasteiger partial charge in [0.2, 0.25) is 0 Å². The summed E-state index contributed by atoms with van der Waals surface area (Å²) < 4.78 is 0. The van der Waals surface area contributed by atoms with Crippen LogP contribution in [0.5, 0.6) is 0 Å². The Morgan fingerprint density at radius 3 is 2.33 bits per heavy atom. The van der Waals surface area contributed by atoms with Gasteiger partial charge < -0.3 is 0 Å². The van der Waals surface area contributed by atoms with Gasteiger partial charge in [0.1, 0.15) is 17.7 Å². The molecule has 0 aromatic heterocycles. The zero-order valence-electron chi connectivity index (χ0n) is 11.6. The van der Waals surface area contributed by atoms with Gasteiger partial charge in [0, 0.05) is 25.7 Å². The second-order valence-corrected chi connectivity index (χ2v) is 5.67. The van der Waals surface area contributed by atoms with Crippen molar-refractivity contribution < 1.29 is 19.2 Å². The number of carbonyl (C=O) groups is 3. The van der Waals surface area contributed by atoms with Crippen molar-refractivity contribution in [2.75, 3.05) is 5.48 Å². The van der Waals surface area contributed by atoms with Crippen LogP contribution >= 0.6 is 0 Å². The van der Waals surface area contributed by atoms with Crippen molar-refractivity contribution in [3.05, 3.63) is 30.3 Å². The fraction of sp³-hybridized carbons (Fsp3) is 0.438. The van der Waals surface area contributed by atoms with Crippen LogP contribution in [0.2, 0.25) is 0 Å². The summed E-state index contributed by atoms with van der Waals surface area (Å²) in [6.45, 7) is 0. The second-order valence-electron chi connectivity index (χ2n) is 5.67. The van der Waals surface area contributed by atoms with Crippen LogP contribution in [0, 0.1) is 5.41 Å². The summed E-state index contributed by atoms with van der Waals surface area (Å²) in [6.07, 6.45) is 0.582. The SMILES string of the molecule is O=C1CCC2(C[C@@H]1ONc1ccccc1)C(=O)CCC2=O. The van der Waals surface area contributed by atoms with Crippen LogP contribution in [-0.2, 0) is 19.2 Å². The van der Waals surface area contributed by atoms with E-state index in [9.17, 15) is 14.4 Å². The standard InChI is InChI=1S/C16H17NO4/c18-12-8-9-16(14(19)6-7-15(16)20)10-13(12)21-17-11-4-2-1-3-5-11/h1-5,13,17H,6-10H2/t13-/m0/s1. The van der Waals surface area contributed by atoms with Gasteiger partial charge in [0.25, 0.3) is 0 Å². The molecule has 0 bridgehead atoms. The van der Waals surface area contributed by atoms with E-state index in [-0.39, 0.29) is 30.2 Å². The number of nitrogens with one attached hydrogen (secondary N) is 1. The maximum Gasteiger partial charge on any atom is 0.164 e. The molecule has 0 unspecified atom stereocenters. The fourth-order valence-corrected chi connectivity index (χ4v) is 3.15. The highest BCUT2D eigenvalue weighted by molar-refractivity contribution is 6.14. The molecular formula is C16H17NO4. The molecule has 1 atom stereocenters. The summed E-state index contributed by atoms with van der Waals surface area (Å²) in [7, 11) is 0. The van der Waals surface area contributed by atoms with E-state index >= 15 is 0 Å². The van der Waals surface area contributed by atoms with Crippen molar-refractivity contribution >= 4 is 23.0 Å². The minimum Gasteiger partial charge on any atom is -0.299 e. The van der Waals surface area contributed by atoms with Crippen molar-refractivity contribution in [1.29, 1.82) is 0 Å². The van der Waals surface area contributed by atoms with Crippen LogP contribution in [0.4, 0.5) is 5.69 Å². The van der Waals surface area contributed by atoms with Gasteiger partial charge >= 0.3 is 0 Å². The van der Waals surface area contributed by atoms with Crippen molar-refractivity contribution in [3.8, 4) is 0 Å². The first-order valence-electron chi connectivity index (χ1n) is 7.18. The molecule has 0 saturated heterocycles. The summed E-state index contributed by atoms with van der Waals surface area (Å²) in [5, 5.41) is 0. The van der Waals surface area contributed by atoms with Gasteiger partial charge in [0.15, 0.2) is 5.78 Å². The predicted octanol–water partition coefficient (Wildman–Crippen LogP) is 2.07. The molecule has 1 spiro atoms. The van der Waals surface area contributed by atoms with E-state index in [1.54, 1.807) is 0 Å². The molecule has 0 aliphatic heterocycles. The Hall–Kier alpha value is -2.01. The first-order chi connectivity index (χ1) is 10.1. The third-order valence-electron chi connectivity index (χ3n) is 4.43. The Kier molecular flexibility index (Phi) is 3.59. The topological polar surface area (TPSA) is 72.5 Å². The van der Waals surface area contributed by atoms with Crippen LogP contribution < -0.4 is 5.48 Å². The Labute approximate surface area is 122 Å². The molecule has 0 amide bonds. The third kappa shape index (κ3) is 2.49. The fourth-order valence-electron chi connectivity index (χ4n) is 3.15. The van der Waals surface area contributed by atoms with E-state index in [0.29, 0.717) is 19.3 Å². The van der Waals surface area contributed by atoms with Crippen molar-refractivity contribution in [3.63, 3.8) is 0 Å². The van der Waals surface area contributed by atoms with Gasteiger partial charge in [-0.3, -0.25) is 24.7 Å². The number of ketones is 3. The van der Waals surface area contributed by atoms with Gasteiger partial charge in [-0.15, -0.1) is 0 Å². The summed E-state index contributed by atoms with van der Waals surface area (Å²) >= 11 is 0. The van der Waals surface area contributed by atoms with Gasteiger partial charge in [-0.25, -0.2) is 0 Å². The van der Waals surface area contributed by atoms with E-state index in [0.717, 1.165) is 5.69 Å². The Bertz CT molecular complexity index is 565. The number of benzene rings is 1. The molecule has 2 aliphatic rings. The van der Waals surface area contributed by atoms with E-state index in [1.807, 2.05) is 30.3 Å². The number of hydrogen-bond donors (Lipinski definition) is 1. The zero-order valence-corrected chi connectivity index (χ0v) is 11.6. The van der Waals surface area contributed by atoms with Gasteiger partial charge in [-0.2, -0.15) is 0 Å². The number of carbonyl (C=O) groups excluding carboxylic acids is 3. The number of rotatable bonds is 3. The van der Waals surface area contributed by atoms with Crippen LogP contribution in [0.25, 0.3) is 0 Å². The van der Waals surface area contributed by atoms with Gasteiger partial charge in [-0.1, -0.05) is 18.2 Å². The summed E-state index contributed by atoms with van der Waals surface area (Å²) in [5.41, 5.74) is 2.49. The molecule has 1 aromatic carbocycles. The van der Waals surface area contributed by atoms with Crippen LogP contribution in [0.15, 0.2) is 30.3 Å². The molecule has 2 saturated carbocycles. The molecular weight excluding hydrogens is 270 g/mol. The minimum atomic E-state index is -0.975. The number of hydrogen-bond acceptors (Lipinski definition) is 5. The maximum atomic E-state index is 12.1. The Balaban J connectivity index is 1.71. The van der Waals surface area contributed by atoms with Crippen LogP contribution in [0.3, 0.4) is 0 Å². The highest BCUT2D eigenvalue weighted by atomic mass is 16.7. The highest BCUT2D eigenvalue weighted by Crippen LogP contribution is 2.44. The smallest absolute Gasteiger partial charge is 0.164 e. The molecule has 2 fully saturated rings. The first kappa shape index (κ1) is 13.9. The lowest BCUT2D eigenvalue weighted by Crippen LogP contribution is -2.45. The highest BCUT2D eigenvalue weighted by Gasteiger charge is 2.54. The first-order valence-corrected chi connectivity index (χ1v) is 7.18. The normalized spacial score (nSPS) is 24.6. The molecule has 1 aromatic rings. The van der Waals surface area contributed by atoms with Gasteiger partial charge in [0.05, 0.1) is 11.1 Å². The minimum absolute atomic E-state index is 0.0340. The molecule has 5 nitrogen and oxygen atoms in total. The van der Waals surface area contributed by atoms with E-state index in [4.69, 9.17) is 4.84 Å². The lowest BCUT2D eigenvalue weighted by molar-refractivity contribution is -0.146. The lowest BCUT2D eigenvalue weighted by atomic mass is 9.70. The van der Waals surface area contributed by atoms with E-state index in [2.05, 4.69) is 5.48 Å².